The first-order valence-electron chi connectivity index (χ1n) is 8.19. The molecule has 0 radical (unpaired) electrons. The molecule has 3 rings (SSSR count). The summed E-state index contributed by atoms with van der Waals surface area (Å²) >= 11 is 0. The smallest absolute Gasteiger partial charge is 0.334 e. The van der Waals surface area contributed by atoms with Crippen LogP contribution in [0.25, 0.3) is 11.4 Å². The van der Waals surface area contributed by atoms with Gasteiger partial charge < -0.3 is 9.42 Å². The van der Waals surface area contributed by atoms with Gasteiger partial charge in [-0.1, -0.05) is 42.4 Å². The zero-order valence-electron chi connectivity index (χ0n) is 14.2. The van der Waals surface area contributed by atoms with Crippen molar-refractivity contribution < 1.29 is 22.5 Å². The Morgan fingerprint density at radius 3 is 2.54 bits per heavy atom. The maximum atomic E-state index is 12.5. The van der Waals surface area contributed by atoms with Crippen molar-refractivity contribution >= 4 is 5.91 Å². The molecule has 1 aliphatic rings. The van der Waals surface area contributed by atoms with E-state index in [1.54, 1.807) is 35.2 Å². The zero-order chi connectivity index (χ0) is 18.9. The molecule has 2 unspecified atom stereocenters. The second kappa shape index (κ2) is 6.93. The summed E-state index contributed by atoms with van der Waals surface area (Å²) in [5.41, 5.74) is 1.27. The predicted molar refractivity (Wildman–Crippen MR) is 87.6 cm³/mol. The normalized spacial score (nSPS) is 19.2. The van der Waals surface area contributed by atoms with Crippen LogP contribution in [0.4, 0.5) is 13.2 Å². The van der Waals surface area contributed by atoms with Crippen molar-refractivity contribution in [3.05, 3.63) is 48.4 Å². The number of alkyl halides is 3. The standard InChI is InChI=1S/C18H18F3N3O2/c1-3-8-24(16(25)14-9-11(14)2)10-12-4-6-13(7-5-12)15-22-17(26-23-15)18(19,20)21/h3-7,11,14H,1,8-10H2,2H3. The van der Waals surface area contributed by atoms with E-state index in [-0.39, 0.29) is 17.6 Å². The molecule has 1 aliphatic carbocycles. The number of hydrogen-bond acceptors (Lipinski definition) is 4. The van der Waals surface area contributed by atoms with Gasteiger partial charge in [-0.15, -0.1) is 6.58 Å². The molecular formula is C18H18F3N3O2. The summed E-state index contributed by atoms with van der Waals surface area (Å²) in [5, 5.41) is 3.36. The van der Waals surface area contributed by atoms with Crippen LogP contribution in [0.3, 0.4) is 0 Å². The van der Waals surface area contributed by atoms with Crippen LogP contribution < -0.4 is 0 Å². The number of rotatable bonds is 6. The van der Waals surface area contributed by atoms with Crippen LogP contribution in [0.1, 0.15) is 24.8 Å². The molecule has 2 aromatic rings. The first kappa shape index (κ1) is 18.2. The quantitative estimate of drug-likeness (QED) is 0.728. The van der Waals surface area contributed by atoms with E-state index in [9.17, 15) is 18.0 Å². The number of benzene rings is 1. The van der Waals surface area contributed by atoms with Crippen molar-refractivity contribution in [2.24, 2.45) is 11.8 Å². The van der Waals surface area contributed by atoms with Gasteiger partial charge in [0.25, 0.3) is 0 Å². The fourth-order valence-electron chi connectivity index (χ4n) is 2.72. The first-order chi connectivity index (χ1) is 12.3. The van der Waals surface area contributed by atoms with E-state index in [2.05, 4.69) is 21.2 Å². The van der Waals surface area contributed by atoms with Crippen LogP contribution in [-0.4, -0.2) is 27.5 Å². The largest absolute Gasteiger partial charge is 0.471 e. The van der Waals surface area contributed by atoms with Crippen molar-refractivity contribution in [3.8, 4) is 11.4 Å². The number of carbonyl (C=O) groups excluding carboxylic acids is 1. The van der Waals surface area contributed by atoms with Gasteiger partial charge >= 0.3 is 12.1 Å². The van der Waals surface area contributed by atoms with Crippen LogP contribution in [0.5, 0.6) is 0 Å². The molecule has 0 aliphatic heterocycles. The van der Waals surface area contributed by atoms with Gasteiger partial charge in [-0.2, -0.15) is 18.2 Å². The van der Waals surface area contributed by atoms with Gasteiger partial charge in [0.15, 0.2) is 0 Å². The summed E-state index contributed by atoms with van der Waals surface area (Å²) in [6.07, 6.45) is -2.08. The van der Waals surface area contributed by atoms with Crippen molar-refractivity contribution in [2.45, 2.75) is 26.1 Å². The highest BCUT2D eigenvalue weighted by atomic mass is 19.4. The zero-order valence-corrected chi connectivity index (χ0v) is 14.2. The molecule has 138 valence electrons. The maximum absolute atomic E-state index is 12.5. The summed E-state index contributed by atoms with van der Waals surface area (Å²) < 4.78 is 41.8. The molecule has 1 saturated carbocycles. The number of halogens is 3. The van der Waals surface area contributed by atoms with E-state index in [4.69, 9.17) is 0 Å². The molecule has 0 bridgehead atoms. The minimum atomic E-state index is -4.67. The molecule has 1 aromatic carbocycles. The number of aromatic nitrogens is 2. The third-order valence-corrected chi connectivity index (χ3v) is 4.34. The highest BCUT2D eigenvalue weighted by molar-refractivity contribution is 5.81. The lowest BCUT2D eigenvalue weighted by atomic mass is 10.1. The molecule has 5 nitrogen and oxygen atoms in total. The Labute approximate surface area is 148 Å². The predicted octanol–water partition coefficient (Wildman–Crippen LogP) is 3.93. The molecule has 8 heteroatoms. The van der Waals surface area contributed by atoms with Crippen LogP contribution in [0, 0.1) is 11.8 Å². The van der Waals surface area contributed by atoms with Gasteiger partial charge in [-0.25, -0.2) is 0 Å². The summed E-state index contributed by atoms with van der Waals surface area (Å²) in [4.78, 5) is 17.5. The Morgan fingerprint density at radius 1 is 1.38 bits per heavy atom. The van der Waals surface area contributed by atoms with Gasteiger partial charge in [0.05, 0.1) is 0 Å². The van der Waals surface area contributed by atoms with Crippen LogP contribution >= 0.6 is 0 Å². The van der Waals surface area contributed by atoms with E-state index in [1.807, 2.05) is 6.92 Å². The van der Waals surface area contributed by atoms with Crippen molar-refractivity contribution in [3.63, 3.8) is 0 Å². The molecule has 0 N–H and O–H groups in total. The lowest BCUT2D eigenvalue weighted by molar-refractivity contribution is -0.159. The Bertz CT molecular complexity index is 799. The summed E-state index contributed by atoms with van der Waals surface area (Å²) in [7, 11) is 0. The van der Waals surface area contributed by atoms with E-state index in [1.165, 1.54) is 0 Å². The highest BCUT2D eigenvalue weighted by Gasteiger charge is 2.41. The van der Waals surface area contributed by atoms with Crippen LogP contribution in [-0.2, 0) is 17.5 Å². The van der Waals surface area contributed by atoms with Gasteiger partial charge in [-0.3, -0.25) is 4.79 Å². The van der Waals surface area contributed by atoms with Crippen molar-refractivity contribution in [1.29, 1.82) is 0 Å². The van der Waals surface area contributed by atoms with Crippen molar-refractivity contribution in [2.75, 3.05) is 6.54 Å². The fourth-order valence-corrected chi connectivity index (χ4v) is 2.72. The Hall–Kier alpha value is -2.64. The molecular weight excluding hydrogens is 347 g/mol. The fraction of sp³-hybridized carbons (Fsp3) is 0.389. The minimum Gasteiger partial charge on any atom is -0.334 e. The lowest BCUT2D eigenvalue weighted by Crippen LogP contribution is -2.32. The third kappa shape index (κ3) is 3.95. The molecule has 0 saturated heterocycles. The van der Waals surface area contributed by atoms with Gasteiger partial charge in [-0.05, 0) is 17.9 Å². The molecule has 1 aromatic heterocycles. The molecule has 1 amide bonds. The lowest BCUT2D eigenvalue weighted by Gasteiger charge is -2.21. The van der Waals surface area contributed by atoms with Crippen molar-refractivity contribution in [1.82, 2.24) is 15.0 Å². The number of hydrogen-bond donors (Lipinski definition) is 0. The Kier molecular flexibility index (Phi) is 4.84. The summed E-state index contributed by atoms with van der Waals surface area (Å²) in [6.45, 7) is 6.59. The average Bonchev–Trinajstić information content (AvgIpc) is 3.10. The number of amides is 1. The number of carbonyl (C=O) groups is 1. The van der Waals surface area contributed by atoms with Gasteiger partial charge in [0, 0.05) is 24.6 Å². The highest BCUT2D eigenvalue weighted by Crippen LogP contribution is 2.39. The molecule has 1 fully saturated rings. The van der Waals surface area contributed by atoms with E-state index >= 15 is 0 Å². The van der Waals surface area contributed by atoms with Gasteiger partial charge in [0.2, 0.25) is 11.7 Å². The van der Waals surface area contributed by atoms with E-state index < -0.39 is 12.1 Å². The maximum Gasteiger partial charge on any atom is 0.471 e. The SMILES string of the molecule is C=CCN(Cc1ccc(-c2noc(C(F)(F)F)n2)cc1)C(=O)C1CC1C. The Morgan fingerprint density at radius 2 is 2.04 bits per heavy atom. The third-order valence-electron chi connectivity index (χ3n) is 4.34. The van der Waals surface area contributed by atoms with E-state index in [0.717, 1.165) is 12.0 Å². The monoisotopic (exact) mass is 365 g/mol. The first-order valence-corrected chi connectivity index (χ1v) is 8.19. The molecule has 26 heavy (non-hydrogen) atoms. The van der Waals surface area contributed by atoms with Crippen LogP contribution in [0.15, 0.2) is 41.4 Å². The summed E-state index contributed by atoms with van der Waals surface area (Å²) in [5.74, 6) is -0.908. The molecule has 1 heterocycles. The molecule has 2 atom stereocenters. The second-order valence-electron chi connectivity index (χ2n) is 6.44. The van der Waals surface area contributed by atoms with Crippen LogP contribution in [0.2, 0.25) is 0 Å². The van der Waals surface area contributed by atoms with Gasteiger partial charge in [0.1, 0.15) is 0 Å². The Balaban J connectivity index is 1.71. The minimum absolute atomic E-state index is 0.0781. The topological polar surface area (TPSA) is 59.2 Å². The number of nitrogens with zero attached hydrogens (tertiary/aromatic N) is 3. The second-order valence-corrected chi connectivity index (χ2v) is 6.44. The molecule has 0 spiro atoms. The van der Waals surface area contributed by atoms with E-state index in [0.29, 0.717) is 24.6 Å². The summed E-state index contributed by atoms with van der Waals surface area (Å²) in [6, 6.07) is 6.69. The average molecular weight is 365 g/mol.